The molecule has 6 rings (SSSR count). The third-order valence-corrected chi connectivity index (χ3v) is 12.2. The third kappa shape index (κ3) is 7.34. The van der Waals surface area contributed by atoms with Crippen LogP contribution in [0.2, 0.25) is 0 Å². The van der Waals surface area contributed by atoms with Crippen molar-refractivity contribution in [2.24, 2.45) is 5.41 Å². The molecule has 20 heteroatoms. The van der Waals surface area contributed by atoms with Gasteiger partial charge in [0.25, 0.3) is 0 Å². The molecule has 2 N–H and O–H groups in total. The highest BCUT2D eigenvalue weighted by molar-refractivity contribution is 6.09. The van der Waals surface area contributed by atoms with Crippen LogP contribution in [-0.4, -0.2) is 138 Å². The molecule has 2 aromatic carbocycles. The van der Waals surface area contributed by atoms with Crippen LogP contribution >= 0.6 is 0 Å². The number of carbonyl (C=O) groups is 8. The maximum atomic E-state index is 13.0. The van der Waals surface area contributed by atoms with Gasteiger partial charge in [0, 0.05) is 10.8 Å². The van der Waals surface area contributed by atoms with Crippen LogP contribution in [0.4, 0.5) is 0 Å². The van der Waals surface area contributed by atoms with Gasteiger partial charge in [-0.3, -0.25) is 0 Å². The number of hydrogen-bond donors (Lipinski definition) is 2. The summed E-state index contributed by atoms with van der Waals surface area (Å²) in [6.07, 6.45) is 4.81. The first-order valence-electron chi connectivity index (χ1n) is 19.7. The Morgan fingerprint density at radius 2 is 0.742 bits per heavy atom. The number of rotatable bonds is 12. The Bertz CT molecular complexity index is 2400. The van der Waals surface area contributed by atoms with E-state index in [9.17, 15) is 48.6 Å². The van der Waals surface area contributed by atoms with E-state index in [1.807, 2.05) is 0 Å². The molecule has 0 aromatic heterocycles. The standard InChI is InChI=1S/2C23H24O10/c1-21(2,22-9-7-11(32-22)13(17(24)28-3)15(22)19(26)30-5)23-10-8-12(33-23)14(18(25)29-4)16(23)20(27)31-6;1-23(2,11-7-9-13(24)17(21(28)32-5)15(11)19(26)30-3)12-8-10-14(25)18(22(29)33-6)16(12)20(27)31-4/h7-12H,1-6H3;7-10,24-25H,1-6H3/t11-,12+,22+,23-;. The number of benzene rings is 2. The summed E-state index contributed by atoms with van der Waals surface area (Å²) in [4.78, 5) is 101. The van der Waals surface area contributed by atoms with E-state index >= 15 is 0 Å². The summed E-state index contributed by atoms with van der Waals surface area (Å²) in [5, 5.41) is 20.6. The highest BCUT2D eigenvalue weighted by Gasteiger charge is 2.72. The Balaban J connectivity index is 0.000000247. The van der Waals surface area contributed by atoms with Gasteiger partial charge in [-0.2, -0.15) is 0 Å². The lowest BCUT2D eigenvalue weighted by Gasteiger charge is -2.50. The van der Waals surface area contributed by atoms with Crippen LogP contribution in [0, 0.1) is 5.41 Å². The van der Waals surface area contributed by atoms with E-state index in [-0.39, 0.29) is 44.5 Å². The predicted octanol–water partition coefficient (Wildman–Crippen LogP) is 3.28. The SMILES string of the molecule is COC(=O)C1=C(C(=O)OC)[C@@]2(C(C)(C)[C@@]34C=C[C@@H](O3)C(C(=O)OC)=C4C(=O)OC)C=C[C@@H]1O2.COC(=O)c1c(O)ccc(C(C)(C)c2ccc(O)c(C(=O)OC)c2C(=O)OC)c1C(=O)OC. The van der Waals surface area contributed by atoms with Crippen LogP contribution in [0.25, 0.3) is 0 Å². The molecule has 0 radical (unpaired) electrons. The Hall–Kier alpha value is -7.32. The molecule has 4 bridgehead atoms. The Labute approximate surface area is 377 Å². The molecule has 0 unspecified atom stereocenters. The van der Waals surface area contributed by atoms with Crippen LogP contribution in [0.3, 0.4) is 0 Å². The van der Waals surface area contributed by atoms with Gasteiger partial charge in [0.05, 0.1) is 90.3 Å². The molecular formula is C46H48O20. The zero-order valence-electron chi connectivity index (χ0n) is 38.0. The van der Waals surface area contributed by atoms with Crippen molar-refractivity contribution in [1.29, 1.82) is 0 Å². The highest BCUT2D eigenvalue weighted by atomic mass is 16.6. The molecule has 20 nitrogen and oxygen atoms in total. The van der Waals surface area contributed by atoms with Crippen molar-refractivity contribution in [1.82, 2.24) is 0 Å². The number of methoxy groups -OCH3 is 8. The highest BCUT2D eigenvalue weighted by Crippen LogP contribution is 2.63. The Kier molecular flexibility index (Phi) is 13.8. The summed E-state index contributed by atoms with van der Waals surface area (Å²) in [6.45, 7) is 6.62. The summed E-state index contributed by atoms with van der Waals surface area (Å²) < 4.78 is 51.3. The lowest BCUT2D eigenvalue weighted by molar-refractivity contribution is -0.156. The maximum absolute atomic E-state index is 13.0. The summed E-state index contributed by atoms with van der Waals surface area (Å²) in [6, 6.07) is 5.13. The number of phenolic OH excluding ortho intramolecular Hbond substituents is 2. The van der Waals surface area contributed by atoms with Crippen molar-refractivity contribution in [2.45, 2.75) is 56.5 Å². The monoisotopic (exact) mass is 920 g/mol. The fourth-order valence-electron chi connectivity index (χ4n) is 8.89. The van der Waals surface area contributed by atoms with E-state index in [2.05, 4.69) is 0 Å². The van der Waals surface area contributed by atoms with Gasteiger partial charge < -0.3 is 57.6 Å². The Morgan fingerprint density at radius 3 is 1.03 bits per heavy atom. The summed E-state index contributed by atoms with van der Waals surface area (Å²) in [5.41, 5.74) is -6.89. The smallest absolute Gasteiger partial charge is 0.342 e. The first kappa shape index (κ1) is 49.7. The van der Waals surface area contributed by atoms with Crippen LogP contribution in [0.15, 0.2) is 70.9 Å². The molecule has 0 amide bonds. The molecule has 0 fully saturated rings. The molecule has 4 aliphatic rings. The van der Waals surface area contributed by atoms with E-state index < -0.39 is 105 Å². The topological polar surface area (TPSA) is 269 Å². The van der Waals surface area contributed by atoms with Gasteiger partial charge in [-0.25, -0.2) is 38.4 Å². The average Bonchev–Trinajstić information content (AvgIpc) is 4.12. The molecule has 4 atom stereocenters. The number of fused-ring (bicyclic) bond motifs is 4. The fourth-order valence-corrected chi connectivity index (χ4v) is 8.89. The first-order chi connectivity index (χ1) is 31.0. The minimum Gasteiger partial charge on any atom is -0.507 e. The summed E-state index contributed by atoms with van der Waals surface area (Å²) >= 11 is 0. The second-order valence-electron chi connectivity index (χ2n) is 15.8. The zero-order chi connectivity index (χ0) is 49.4. The van der Waals surface area contributed by atoms with Crippen molar-refractivity contribution in [3.63, 3.8) is 0 Å². The minimum absolute atomic E-state index is 0.00429. The van der Waals surface area contributed by atoms with Gasteiger partial charge in [0.2, 0.25) is 0 Å². The van der Waals surface area contributed by atoms with E-state index in [1.54, 1.807) is 52.0 Å². The van der Waals surface area contributed by atoms with E-state index in [1.165, 1.54) is 52.7 Å². The maximum Gasteiger partial charge on any atom is 0.342 e. The fraction of sp³-hybridized carbons (Fsp3) is 0.391. The summed E-state index contributed by atoms with van der Waals surface area (Å²) in [7, 11) is 9.12. The molecule has 0 aliphatic carbocycles. The molecule has 352 valence electrons. The second kappa shape index (κ2) is 18.3. The van der Waals surface area contributed by atoms with Gasteiger partial charge in [0.15, 0.2) is 0 Å². The number of ether oxygens (including phenoxy) is 10. The molecule has 0 spiro atoms. The molecular weight excluding hydrogens is 872 g/mol. The molecule has 0 saturated carbocycles. The van der Waals surface area contributed by atoms with Crippen LogP contribution in [0.1, 0.15) is 80.3 Å². The van der Waals surface area contributed by atoms with Gasteiger partial charge in [-0.1, -0.05) is 52.0 Å². The lowest BCUT2D eigenvalue weighted by Crippen LogP contribution is -2.60. The van der Waals surface area contributed by atoms with Gasteiger partial charge in [-0.15, -0.1) is 0 Å². The third-order valence-electron chi connectivity index (χ3n) is 12.2. The van der Waals surface area contributed by atoms with Crippen molar-refractivity contribution in [3.05, 3.63) is 104 Å². The number of esters is 8. The number of carbonyl (C=O) groups excluding carboxylic acids is 8. The van der Waals surface area contributed by atoms with Gasteiger partial charge >= 0.3 is 47.8 Å². The van der Waals surface area contributed by atoms with Crippen molar-refractivity contribution >= 4 is 47.8 Å². The van der Waals surface area contributed by atoms with Gasteiger partial charge in [-0.05, 0) is 35.4 Å². The van der Waals surface area contributed by atoms with Crippen molar-refractivity contribution in [2.75, 3.05) is 56.9 Å². The van der Waals surface area contributed by atoms with Crippen LogP contribution in [0.5, 0.6) is 11.5 Å². The van der Waals surface area contributed by atoms with E-state index in [4.69, 9.17) is 47.4 Å². The van der Waals surface area contributed by atoms with Crippen molar-refractivity contribution in [3.8, 4) is 11.5 Å². The summed E-state index contributed by atoms with van der Waals surface area (Å²) in [5.74, 6) is -7.97. The molecule has 66 heavy (non-hydrogen) atoms. The van der Waals surface area contributed by atoms with Crippen molar-refractivity contribution < 1.29 is 95.9 Å². The molecule has 0 saturated heterocycles. The normalized spacial score (nSPS) is 21.1. The Morgan fingerprint density at radius 1 is 0.455 bits per heavy atom. The first-order valence-corrected chi connectivity index (χ1v) is 19.7. The molecule has 4 heterocycles. The minimum atomic E-state index is -1.56. The largest absolute Gasteiger partial charge is 0.507 e. The molecule has 2 aromatic rings. The van der Waals surface area contributed by atoms with E-state index in [0.717, 1.165) is 28.4 Å². The van der Waals surface area contributed by atoms with Crippen LogP contribution < -0.4 is 0 Å². The predicted molar refractivity (Wildman–Crippen MR) is 223 cm³/mol. The number of aromatic hydroxyl groups is 2. The lowest BCUT2D eigenvalue weighted by atomic mass is 9.57. The second-order valence-corrected chi connectivity index (χ2v) is 15.8. The number of hydrogen-bond acceptors (Lipinski definition) is 20. The van der Waals surface area contributed by atoms with Crippen LogP contribution in [-0.2, 0) is 72.0 Å². The average molecular weight is 921 g/mol. The van der Waals surface area contributed by atoms with Gasteiger partial charge in [0.1, 0.15) is 46.0 Å². The number of phenols is 2. The zero-order valence-corrected chi connectivity index (χ0v) is 38.0. The quantitative estimate of drug-likeness (QED) is 0.176. The van der Waals surface area contributed by atoms with E-state index in [0.29, 0.717) is 0 Å². The molecule has 4 aliphatic heterocycles.